The number of rotatable bonds is 4. The van der Waals surface area contributed by atoms with E-state index in [1.807, 2.05) is 6.92 Å². The second-order valence-electron chi connectivity index (χ2n) is 5.86. The Labute approximate surface area is 120 Å². The van der Waals surface area contributed by atoms with Gasteiger partial charge in [0.15, 0.2) is 0 Å². The first-order valence-corrected chi connectivity index (χ1v) is 7.20. The zero-order valence-electron chi connectivity index (χ0n) is 12.9. The van der Waals surface area contributed by atoms with Gasteiger partial charge in [-0.1, -0.05) is 6.92 Å². The molecule has 112 valence electrons. The number of hydrogen-bond acceptors (Lipinski definition) is 6. The molecule has 0 amide bonds. The van der Waals surface area contributed by atoms with Crippen molar-refractivity contribution in [2.24, 2.45) is 5.84 Å². The molecule has 0 saturated carbocycles. The summed E-state index contributed by atoms with van der Waals surface area (Å²) in [6.45, 7) is 10.7. The molecule has 0 unspecified atom stereocenters. The summed E-state index contributed by atoms with van der Waals surface area (Å²) in [7, 11) is 0. The average molecular weight is 279 g/mol. The Kier molecular flexibility index (Phi) is 4.45. The van der Waals surface area contributed by atoms with Gasteiger partial charge >= 0.3 is 0 Å². The molecular weight excluding hydrogens is 254 g/mol. The fraction of sp³-hybridized carbons (Fsp3) is 0.714. The van der Waals surface area contributed by atoms with Crippen molar-refractivity contribution in [1.82, 2.24) is 9.97 Å². The number of nitrogen functional groups attached to an aromatic ring is 1. The van der Waals surface area contributed by atoms with Gasteiger partial charge in [0.25, 0.3) is 0 Å². The van der Waals surface area contributed by atoms with Crippen LogP contribution in [-0.2, 0) is 11.2 Å². The maximum atomic E-state index is 5.77. The Hall–Kier alpha value is -1.40. The Morgan fingerprint density at radius 1 is 1.40 bits per heavy atom. The van der Waals surface area contributed by atoms with Gasteiger partial charge in [0.2, 0.25) is 0 Å². The molecule has 0 aliphatic carbocycles. The van der Waals surface area contributed by atoms with E-state index >= 15 is 0 Å². The van der Waals surface area contributed by atoms with Gasteiger partial charge in [-0.05, 0) is 27.2 Å². The predicted molar refractivity (Wildman–Crippen MR) is 80.8 cm³/mol. The minimum Gasteiger partial charge on any atom is -0.372 e. The Bertz CT molecular complexity index is 475. The molecular formula is C14H25N5O. The number of aryl methyl sites for hydroxylation is 1. The second-order valence-corrected chi connectivity index (χ2v) is 5.86. The zero-order valence-corrected chi connectivity index (χ0v) is 12.9. The molecule has 0 aromatic carbocycles. The summed E-state index contributed by atoms with van der Waals surface area (Å²) in [6.07, 6.45) is 1.87. The molecule has 6 nitrogen and oxygen atoms in total. The lowest BCUT2D eigenvalue weighted by Crippen LogP contribution is -2.49. The van der Waals surface area contributed by atoms with E-state index in [1.54, 1.807) is 0 Å². The van der Waals surface area contributed by atoms with Crippen molar-refractivity contribution in [3.8, 4) is 0 Å². The smallest absolute Gasteiger partial charge is 0.148 e. The fourth-order valence-corrected chi connectivity index (χ4v) is 2.53. The van der Waals surface area contributed by atoms with E-state index in [0.717, 1.165) is 43.1 Å². The molecule has 0 bridgehead atoms. The van der Waals surface area contributed by atoms with Crippen LogP contribution in [0.5, 0.6) is 0 Å². The van der Waals surface area contributed by atoms with Gasteiger partial charge < -0.3 is 15.1 Å². The van der Waals surface area contributed by atoms with E-state index in [4.69, 9.17) is 15.6 Å². The van der Waals surface area contributed by atoms with Gasteiger partial charge in [-0.25, -0.2) is 15.8 Å². The highest BCUT2D eigenvalue weighted by atomic mass is 16.5. The van der Waals surface area contributed by atoms with Crippen LogP contribution in [-0.4, -0.2) is 35.3 Å². The Balaban J connectivity index is 2.36. The third kappa shape index (κ3) is 3.19. The molecule has 2 rings (SSSR count). The van der Waals surface area contributed by atoms with E-state index < -0.39 is 0 Å². The largest absolute Gasteiger partial charge is 0.372 e. The molecule has 1 aromatic rings. The summed E-state index contributed by atoms with van der Waals surface area (Å²) in [4.78, 5) is 11.5. The first kappa shape index (κ1) is 15.0. The maximum Gasteiger partial charge on any atom is 0.148 e. The number of nitrogens with zero attached hydrogens (tertiary/aromatic N) is 3. The summed E-state index contributed by atoms with van der Waals surface area (Å²) in [5.74, 6) is 8.10. The van der Waals surface area contributed by atoms with Crippen molar-refractivity contribution >= 4 is 11.6 Å². The fourth-order valence-electron chi connectivity index (χ4n) is 2.53. The zero-order chi connectivity index (χ0) is 14.8. The molecule has 1 aliphatic rings. The first-order chi connectivity index (χ1) is 9.46. The average Bonchev–Trinajstić information content (AvgIpc) is 2.39. The summed E-state index contributed by atoms with van der Waals surface area (Å²) >= 11 is 0. The highest BCUT2D eigenvalue weighted by Gasteiger charge is 2.29. The Morgan fingerprint density at radius 3 is 2.75 bits per heavy atom. The van der Waals surface area contributed by atoms with Crippen LogP contribution in [0, 0.1) is 6.92 Å². The molecule has 0 radical (unpaired) electrons. The number of anilines is 2. The van der Waals surface area contributed by atoms with Crippen molar-refractivity contribution in [3.63, 3.8) is 0 Å². The van der Waals surface area contributed by atoms with Gasteiger partial charge in [-0.3, -0.25) is 0 Å². The van der Waals surface area contributed by atoms with E-state index in [2.05, 4.69) is 36.1 Å². The van der Waals surface area contributed by atoms with E-state index in [9.17, 15) is 0 Å². The second kappa shape index (κ2) is 5.93. The molecule has 1 saturated heterocycles. The molecule has 0 spiro atoms. The van der Waals surface area contributed by atoms with Crippen LogP contribution >= 0.6 is 0 Å². The van der Waals surface area contributed by atoms with E-state index in [0.29, 0.717) is 12.4 Å². The normalized spacial score (nSPS) is 18.1. The summed E-state index contributed by atoms with van der Waals surface area (Å²) in [5, 5.41) is 0. The van der Waals surface area contributed by atoms with E-state index in [1.165, 1.54) is 0 Å². The van der Waals surface area contributed by atoms with Gasteiger partial charge in [-0.2, -0.15) is 0 Å². The molecule has 0 atom stereocenters. The molecule has 2 heterocycles. The molecule has 6 heteroatoms. The molecule has 20 heavy (non-hydrogen) atoms. The van der Waals surface area contributed by atoms with Gasteiger partial charge in [0, 0.05) is 25.1 Å². The van der Waals surface area contributed by atoms with Crippen LogP contribution in [0.15, 0.2) is 0 Å². The van der Waals surface area contributed by atoms with Crippen LogP contribution in [0.3, 0.4) is 0 Å². The van der Waals surface area contributed by atoms with Crippen molar-refractivity contribution in [2.75, 3.05) is 30.0 Å². The summed E-state index contributed by atoms with van der Waals surface area (Å²) < 4.78 is 5.77. The maximum absolute atomic E-state index is 5.77. The SMILES string of the molecule is CCCc1nc(NN)c(C)c(N2CCOC(C)(C)C2)n1. The van der Waals surface area contributed by atoms with Crippen molar-refractivity contribution < 1.29 is 4.74 Å². The molecule has 3 N–H and O–H groups in total. The third-order valence-corrected chi connectivity index (χ3v) is 3.50. The minimum absolute atomic E-state index is 0.156. The molecule has 1 fully saturated rings. The number of hydrazine groups is 1. The predicted octanol–water partition coefficient (Wildman–Crippen LogP) is 1.64. The van der Waals surface area contributed by atoms with Crippen molar-refractivity contribution in [2.45, 2.75) is 46.1 Å². The molecule has 1 aliphatic heterocycles. The highest BCUT2D eigenvalue weighted by molar-refractivity contribution is 5.58. The van der Waals surface area contributed by atoms with Gasteiger partial charge in [0.1, 0.15) is 17.5 Å². The number of nitrogens with one attached hydrogen (secondary N) is 1. The minimum atomic E-state index is -0.156. The lowest BCUT2D eigenvalue weighted by Gasteiger charge is -2.39. The van der Waals surface area contributed by atoms with Crippen LogP contribution < -0.4 is 16.2 Å². The number of nitrogens with two attached hydrogens (primary N) is 1. The number of ether oxygens (including phenoxy) is 1. The quantitative estimate of drug-likeness (QED) is 0.644. The van der Waals surface area contributed by atoms with Crippen molar-refractivity contribution in [3.05, 3.63) is 11.4 Å². The lowest BCUT2D eigenvalue weighted by atomic mass is 10.1. The van der Waals surface area contributed by atoms with Crippen LogP contribution in [0.2, 0.25) is 0 Å². The van der Waals surface area contributed by atoms with Gasteiger partial charge in [-0.15, -0.1) is 0 Å². The third-order valence-electron chi connectivity index (χ3n) is 3.50. The van der Waals surface area contributed by atoms with Crippen LogP contribution in [0.25, 0.3) is 0 Å². The van der Waals surface area contributed by atoms with E-state index in [-0.39, 0.29) is 5.60 Å². The summed E-state index contributed by atoms with van der Waals surface area (Å²) in [6, 6.07) is 0. The van der Waals surface area contributed by atoms with Crippen molar-refractivity contribution in [1.29, 1.82) is 0 Å². The number of hydrogen-bond donors (Lipinski definition) is 2. The topological polar surface area (TPSA) is 76.3 Å². The van der Waals surface area contributed by atoms with Crippen LogP contribution in [0.4, 0.5) is 11.6 Å². The standard InChI is InChI=1S/C14H25N5O/c1-5-6-11-16-12(18-15)10(2)13(17-11)19-7-8-20-14(3,4)9-19/h5-9,15H2,1-4H3,(H,16,17,18). The first-order valence-electron chi connectivity index (χ1n) is 7.20. The van der Waals surface area contributed by atoms with Gasteiger partial charge in [0.05, 0.1) is 12.2 Å². The monoisotopic (exact) mass is 279 g/mol. The Morgan fingerprint density at radius 2 is 2.15 bits per heavy atom. The lowest BCUT2D eigenvalue weighted by molar-refractivity contribution is -0.0279. The number of morpholine rings is 1. The number of aromatic nitrogens is 2. The highest BCUT2D eigenvalue weighted by Crippen LogP contribution is 2.27. The molecule has 1 aromatic heterocycles. The summed E-state index contributed by atoms with van der Waals surface area (Å²) in [5.41, 5.74) is 3.52. The van der Waals surface area contributed by atoms with Crippen LogP contribution in [0.1, 0.15) is 38.6 Å².